The lowest BCUT2D eigenvalue weighted by Gasteiger charge is -2.19. The second-order valence-electron chi connectivity index (χ2n) is 8.43. The molecule has 2 aromatic heterocycles. The van der Waals surface area contributed by atoms with Gasteiger partial charge in [-0.2, -0.15) is 0 Å². The summed E-state index contributed by atoms with van der Waals surface area (Å²) in [5, 5.41) is 2.05. The number of fused-ring (bicyclic) bond motifs is 1. The van der Waals surface area contributed by atoms with Gasteiger partial charge < -0.3 is 14.0 Å². The number of nitrogens with zero attached hydrogens (tertiary/aromatic N) is 2. The molecular weight excluding hydrogens is 408 g/mol. The Morgan fingerprint density at radius 2 is 1.87 bits per heavy atom. The Labute approximate surface area is 186 Å². The van der Waals surface area contributed by atoms with Gasteiger partial charge in [0, 0.05) is 22.7 Å². The minimum absolute atomic E-state index is 0.163. The van der Waals surface area contributed by atoms with Gasteiger partial charge in [-0.25, -0.2) is 4.98 Å². The zero-order valence-corrected chi connectivity index (χ0v) is 19.0. The summed E-state index contributed by atoms with van der Waals surface area (Å²) >= 11 is 1.67. The fraction of sp³-hybridized carbons (Fsp3) is 0.280. The molecule has 2 heterocycles. The van der Waals surface area contributed by atoms with Crippen LogP contribution in [0.4, 0.5) is 0 Å². The van der Waals surface area contributed by atoms with Crippen LogP contribution in [0, 0.1) is 6.92 Å². The van der Waals surface area contributed by atoms with Gasteiger partial charge in [0.1, 0.15) is 29.5 Å². The molecule has 0 N–H and O–H groups in total. The van der Waals surface area contributed by atoms with E-state index in [1.54, 1.807) is 11.3 Å². The van der Waals surface area contributed by atoms with E-state index in [0.717, 1.165) is 37.8 Å². The summed E-state index contributed by atoms with van der Waals surface area (Å²) < 4.78 is 13.4. The SMILES string of the molecule is Cc1sc(-c2ccccc2)nc1COc1ccc2ccn(CC(=O)OC(C)(C)C)c2c1. The third-order valence-corrected chi connectivity index (χ3v) is 5.82. The molecule has 160 valence electrons. The molecule has 0 amide bonds. The van der Waals surface area contributed by atoms with Crippen molar-refractivity contribution in [2.45, 2.75) is 46.4 Å². The maximum Gasteiger partial charge on any atom is 0.326 e. The number of carbonyl (C=O) groups is 1. The fourth-order valence-corrected chi connectivity index (χ4v) is 4.24. The van der Waals surface area contributed by atoms with E-state index in [1.807, 2.05) is 74.0 Å². The zero-order valence-electron chi connectivity index (χ0n) is 18.2. The molecular formula is C25H26N2O3S. The van der Waals surface area contributed by atoms with Gasteiger partial charge in [0.25, 0.3) is 0 Å². The maximum absolute atomic E-state index is 12.2. The highest BCUT2D eigenvalue weighted by atomic mass is 32.1. The number of aromatic nitrogens is 2. The first kappa shape index (κ1) is 21.1. The molecule has 4 rings (SSSR count). The number of benzene rings is 2. The van der Waals surface area contributed by atoms with Crippen molar-refractivity contribution >= 4 is 28.2 Å². The van der Waals surface area contributed by atoms with E-state index in [2.05, 4.69) is 19.1 Å². The summed E-state index contributed by atoms with van der Waals surface area (Å²) in [5.41, 5.74) is 2.48. The van der Waals surface area contributed by atoms with Crippen molar-refractivity contribution in [2.24, 2.45) is 0 Å². The van der Waals surface area contributed by atoms with Crippen LogP contribution < -0.4 is 4.74 Å². The van der Waals surface area contributed by atoms with Crippen LogP contribution in [-0.2, 0) is 22.7 Å². The molecule has 0 saturated carbocycles. The average Bonchev–Trinajstić information content (AvgIpc) is 3.29. The number of aryl methyl sites for hydroxylation is 1. The van der Waals surface area contributed by atoms with Crippen molar-refractivity contribution in [1.82, 2.24) is 9.55 Å². The average molecular weight is 435 g/mol. The molecule has 4 aromatic rings. The standard InChI is InChI=1S/C25H26N2O3S/c1-17-21(26-24(31-17)19-8-6-5-7-9-19)16-29-20-11-10-18-12-13-27(22(18)14-20)15-23(28)30-25(2,3)4/h5-14H,15-16H2,1-4H3. The van der Waals surface area contributed by atoms with Crippen LogP contribution >= 0.6 is 11.3 Å². The Morgan fingerprint density at radius 1 is 1.10 bits per heavy atom. The molecule has 0 radical (unpaired) electrons. The van der Waals surface area contributed by atoms with E-state index in [1.165, 1.54) is 0 Å². The Hall–Kier alpha value is -3.12. The number of ether oxygens (including phenoxy) is 2. The Balaban J connectivity index is 1.48. The van der Waals surface area contributed by atoms with Gasteiger partial charge in [-0.15, -0.1) is 11.3 Å². The van der Waals surface area contributed by atoms with Gasteiger partial charge in [-0.05, 0) is 51.3 Å². The van der Waals surface area contributed by atoms with Crippen LogP contribution in [0.1, 0.15) is 31.3 Å². The van der Waals surface area contributed by atoms with Crippen LogP contribution in [0.25, 0.3) is 21.5 Å². The van der Waals surface area contributed by atoms with Crippen molar-refractivity contribution in [3.05, 3.63) is 71.4 Å². The van der Waals surface area contributed by atoms with Crippen molar-refractivity contribution in [2.75, 3.05) is 0 Å². The predicted molar refractivity (Wildman–Crippen MR) is 124 cm³/mol. The first-order valence-electron chi connectivity index (χ1n) is 10.2. The Bertz CT molecular complexity index is 1200. The summed E-state index contributed by atoms with van der Waals surface area (Å²) in [6, 6.07) is 18.1. The summed E-state index contributed by atoms with van der Waals surface area (Å²) in [6.07, 6.45) is 1.90. The summed E-state index contributed by atoms with van der Waals surface area (Å²) in [5.74, 6) is 0.480. The molecule has 0 atom stereocenters. The van der Waals surface area contributed by atoms with Crippen LogP contribution in [0.15, 0.2) is 60.8 Å². The monoisotopic (exact) mass is 434 g/mol. The number of thiazole rings is 1. The molecule has 0 spiro atoms. The molecule has 0 aliphatic heterocycles. The highest BCUT2D eigenvalue weighted by molar-refractivity contribution is 7.15. The van der Waals surface area contributed by atoms with Gasteiger partial charge in [-0.3, -0.25) is 4.79 Å². The third-order valence-electron chi connectivity index (χ3n) is 4.75. The predicted octanol–water partition coefficient (Wildman–Crippen LogP) is 5.99. The third kappa shape index (κ3) is 5.14. The lowest BCUT2D eigenvalue weighted by molar-refractivity contribution is -0.155. The number of esters is 1. The van der Waals surface area contributed by atoms with E-state index < -0.39 is 5.60 Å². The quantitative estimate of drug-likeness (QED) is 0.350. The molecule has 6 heteroatoms. The molecule has 0 unspecified atom stereocenters. The van der Waals surface area contributed by atoms with Gasteiger partial charge in [0.05, 0.1) is 11.2 Å². The van der Waals surface area contributed by atoms with Crippen LogP contribution in [-0.4, -0.2) is 21.1 Å². The number of hydrogen-bond donors (Lipinski definition) is 0. The summed E-state index contributed by atoms with van der Waals surface area (Å²) in [6.45, 7) is 8.23. The zero-order chi connectivity index (χ0) is 22.0. The van der Waals surface area contributed by atoms with Gasteiger partial charge >= 0.3 is 5.97 Å². The highest BCUT2D eigenvalue weighted by Crippen LogP contribution is 2.29. The van der Waals surface area contributed by atoms with Crippen molar-refractivity contribution in [1.29, 1.82) is 0 Å². The molecule has 0 bridgehead atoms. The van der Waals surface area contributed by atoms with E-state index in [-0.39, 0.29) is 12.5 Å². The molecule has 0 fully saturated rings. The maximum atomic E-state index is 12.2. The van der Waals surface area contributed by atoms with Crippen LogP contribution in [0.5, 0.6) is 5.75 Å². The van der Waals surface area contributed by atoms with E-state index >= 15 is 0 Å². The minimum Gasteiger partial charge on any atom is -0.487 e. The molecule has 31 heavy (non-hydrogen) atoms. The fourth-order valence-electron chi connectivity index (χ4n) is 3.32. The van der Waals surface area contributed by atoms with Gasteiger partial charge in [-0.1, -0.05) is 30.3 Å². The first-order valence-corrected chi connectivity index (χ1v) is 11.1. The van der Waals surface area contributed by atoms with Crippen LogP contribution in [0.2, 0.25) is 0 Å². The second-order valence-corrected chi connectivity index (χ2v) is 9.63. The number of carbonyl (C=O) groups excluding carboxylic acids is 1. The smallest absolute Gasteiger partial charge is 0.326 e. The number of hydrogen-bond acceptors (Lipinski definition) is 5. The first-order chi connectivity index (χ1) is 14.8. The Kier molecular flexibility index (Phi) is 5.83. The van der Waals surface area contributed by atoms with Crippen LogP contribution in [0.3, 0.4) is 0 Å². The summed E-state index contributed by atoms with van der Waals surface area (Å²) in [4.78, 5) is 18.2. The lowest BCUT2D eigenvalue weighted by atomic mass is 10.2. The van der Waals surface area contributed by atoms with Crippen molar-refractivity contribution in [3.8, 4) is 16.3 Å². The highest BCUT2D eigenvalue weighted by Gasteiger charge is 2.17. The normalized spacial score (nSPS) is 11.6. The van der Waals surface area contributed by atoms with E-state index in [4.69, 9.17) is 14.5 Å². The lowest BCUT2D eigenvalue weighted by Crippen LogP contribution is -2.26. The van der Waals surface area contributed by atoms with Gasteiger partial charge in [0.2, 0.25) is 0 Å². The van der Waals surface area contributed by atoms with Gasteiger partial charge in [0.15, 0.2) is 0 Å². The molecule has 0 aliphatic carbocycles. The molecule has 2 aromatic carbocycles. The van der Waals surface area contributed by atoms with E-state index in [0.29, 0.717) is 6.61 Å². The summed E-state index contributed by atoms with van der Waals surface area (Å²) in [7, 11) is 0. The van der Waals surface area contributed by atoms with Crippen molar-refractivity contribution in [3.63, 3.8) is 0 Å². The minimum atomic E-state index is -0.502. The van der Waals surface area contributed by atoms with E-state index in [9.17, 15) is 4.79 Å². The topological polar surface area (TPSA) is 53.4 Å². The molecule has 0 aliphatic rings. The van der Waals surface area contributed by atoms with Crippen molar-refractivity contribution < 1.29 is 14.3 Å². The molecule has 0 saturated heterocycles. The second kappa shape index (κ2) is 8.55. The Morgan fingerprint density at radius 3 is 2.61 bits per heavy atom. The molecule has 5 nitrogen and oxygen atoms in total. The largest absolute Gasteiger partial charge is 0.487 e. The number of rotatable bonds is 6.